The number of fused-ring (bicyclic) bond motifs is 3. The molecule has 0 fully saturated rings. The lowest BCUT2D eigenvalue weighted by atomic mass is 9.99. The largest absolute Gasteiger partial charge is 0.311 e. The molecule has 216 valence electrons. The Hall–Kier alpha value is -5.71. The van der Waals surface area contributed by atoms with Crippen LogP contribution in [0.3, 0.4) is 0 Å². The van der Waals surface area contributed by atoms with Crippen molar-refractivity contribution in [1.82, 2.24) is 9.97 Å². The van der Waals surface area contributed by atoms with Crippen molar-refractivity contribution in [3.63, 3.8) is 0 Å². The fraction of sp³-hybridized carbons (Fsp3) is 0. The molecule has 1 aromatic heterocycles. The second-order valence-electron chi connectivity index (χ2n) is 11.5. The molecule has 0 unspecified atom stereocenters. The lowest BCUT2D eigenvalue weighted by Crippen LogP contribution is -2.09. The summed E-state index contributed by atoms with van der Waals surface area (Å²) in [5.41, 5.74) is 9.94. The third-order valence-electron chi connectivity index (χ3n) is 8.63. The van der Waals surface area contributed by atoms with E-state index in [1.165, 1.54) is 37.3 Å². The Labute approximate surface area is 271 Å². The molecule has 1 aliphatic heterocycles. The van der Waals surface area contributed by atoms with Gasteiger partial charge in [-0.2, -0.15) is 0 Å². The van der Waals surface area contributed by atoms with E-state index < -0.39 is 0 Å². The highest BCUT2D eigenvalue weighted by molar-refractivity contribution is 7.99. The maximum atomic E-state index is 5.15. The van der Waals surface area contributed by atoms with E-state index in [0.29, 0.717) is 0 Å². The van der Waals surface area contributed by atoms with Crippen molar-refractivity contribution in [3.8, 4) is 33.8 Å². The zero-order valence-electron chi connectivity index (χ0n) is 24.8. The van der Waals surface area contributed by atoms with Crippen molar-refractivity contribution in [3.05, 3.63) is 164 Å². The zero-order valence-corrected chi connectivity index (χ0v) is 25.7. The summed E-state index contributed by atoms with van der Waals surface area (Å²) in [5, 5.41) is 3.49. The number of para-hydroxylation sites is 2. The first-order valence-corrected chi connectivity index (χ1v) is 16.2. The van der Waals surface area contributed by atoms with E-state index in [1.807, 2.05) is 0 Å². The van der Waals surface area contributed by atoms with E-state index in [4.69, 9.17) is 9.97 Å². The summed E-state index contributed by atoms with van der Waals surface area (Å²) in [5.74, 6) is 0.754. The Balaban J connectivity index is 1.06. The van der Waals surface area contributed by atoms with Gasteiger partial charge in [-0.3, -0.25) is 0 Å². The Morgan fingerprint density at radius 1 is 0.435 bits per heavy atom. The molecule has 8 aromatic rings. The SMILES string of the molecule is c1ccc(N(c2ccccc2)c2ccc(-c3ccc4cc(-c5nc6c7c(cccc7n5)Sc5ccccc5-6)ccc4c3)cc2)cc1. The number of aromatic nitrogens is 2. The number of benzene rings is 7. The second kappa shape index (κ2) is 11.0. The minimum atomic E-state index is 0.754. The summed E-state index contributed by atoms with van der Waals surface area (Å²) < 4.78 is 0. The molecule has 0 aliphatic carbocycles. The highest BCUT2D eigenvalue weighted by atomic mass is 32.2. The van der Waals surface area contributed by atoms with Gasteiger partial charge in [0.1, 0.15) is 0 Å². The molecule has 0 saturated carbocycles. The molecule has 0 saturated heterocycles. The Morgan fingerprint density at radius 3 is 1.76 bits per heavy atom. The average molecular weight is 606 g/mol. The van der Waals surface area contributed by atoms with E-state index in [0.717, 1.165) is 45.0 Å². The fourth-order valence-electron chi connectivity index (χ4n) is 6.40. The Morgan fingerprint density at radius 2 is 1.02 bits per heavy atom. The lowest BCUT2D eigenvalue weighted by molar-refractivity contribution is 1.20. The van der Waals surface area contributed by atoms with Crippen LogP contribution in [0, 0.1) is 0 Å². The van der Waals surface area contributed by atoms with Crippen LogP contribution in [0.4, 0.5) is 17.1 Å². The van der Waals surface area contributed by atoms with E-state index in [-0.39, 0.29) is 0 Å². The molecular formula is C42H27N3S. The smallest absolute Gasteiger partial charge is 0.160 e. The van der Waals surface area contributed by atoms with Gasteiger partial charge in [0.05, 0.1) is 11.2 Å². The van der Waals surface area contributed by atoms with Gasteiger partial charge in [-0.1, -0.05) is 109 Å². The second-order valence-corrected chi connectivity index (χ2v) is 12.6. The fourth-order valence-corrected chi connectivity index (χ4v) is 7.51. The van der Waals surface area contributed by atoms with E-state index >= 15 is 0 Å². The van der Waals surface area contributed by atoms with E-state index in [9.17, 15) is 0 Å². The molecule has 7 aromatic carbocycles. The standard InChI is InChI=1S/C42H27N3S/c1-3-10-33(11-4-1)45(34-12-5-2-6-13-34)35-24-22-28(23-25-35)29-18-19-31-27-32(21-20-30(31)26-29)42-43-37-15-9-17-39-40(37)41(44-42)36-14-7-8-16-38(36)46-39/h1-27H. The van der Waals surface area contributed by atoms with Crippen molar-refractivity contribution >= 4 is 50.5 Å². The van der Waals surface area contributed by atoms with Crippen molar-refractivity contribution in [2.45, 2.75) is 9.79 Å². The molecule has 0 bridgehead atoms. The molecule has 2 heterocycles. The first-order valence-electron chi connectivity index (χ1n) is 15.4. The Bertz CT molecular complexity index is 2350. The van der Waals surface area contributed by atoms with Gasteiger partial charge in [-0.25, -0.2) is 9.97 Å². The predicted octanol–water partition coefficient (Wildman–Crippen LogP) is 11.7. The molecule has 4 heteroatoms. The highest BCUT2D eigenvalue weighted by Gasteiger charge is 2.22. The van der Waals surface area contributed by atoms with Gasteiger partial charge in [-0.15, -0.1) is 0 Å². The van der Waals surface area contributed by atoms with Crippen LogP contribution in [0.25, 0.3) is 55.4 Å². The van der Waals surface area contributed by atoms with Gasteiger partial charge in [0, 0.05) is 43.4 Å². The average Bonchev–Trinajstić information content (AvgIpc) is 3.12. The first kappa shape index (κ1) is 26.7. The summed E-state index contributed by atoms with van der Waals surface area (Å²) >= 11 is 1.80. The first-order chi connectivity index (χ1) is 22.8. The molecule has 0 atom stereocenters. The number of hydrogen-bond donors (Lipinski definition) is 0. The molecule has 9 rings (SSSR count). The van der Waals surface area contributed by atoms with Crippen molar-refractivity contribution in [2.75, 3.05) is 4.90 Å². The van der Waals surface area contributed by atoms with Crippen LogP contribution >= 0.6 is 11.8 Å². The van der Waals surface area contributed by atoms with Crippen LogP contribution in [0.1, 0.15) is 0 Å². The maximum absolute atomic E-state index is 5.15. The van der Waals surface area contributed by atoms with Gasteiger partial charge < -0.3 is 4.90 Å². The van der Waals surface area contributed by atoms with Gasteiger partial charge in [-0.05, 0) is 88.6 Å². The predicted molar refractivity (Wildman–Crippen MR) is 192 cm³/mol. The third-order valence-corrected chi connectivity index (χ3v) is 9.77. The van der Waals surface area contributed by atoms with Gasteiger partial charge in [0.25, 0.3) is 0 Å². The highest BCUT2D eigenvalue weighted by Crippen LogP contribution is 2.47. The van der Waals surface area contributed by atoms with Crippen LogP contribution in [-0.2, 0) is 0 Å². The van der Waals surface area contributed by atoms with E-state index in [1.54, 1.807) is 11.8 Å². The van der Waals surface area contributed by atoms with Crippen LogP contribution in [0.2, 0.25) is 0 Å². The van der Waals surface area contributed by atoms with Crippen LogP contribution in [-0.4, -0.2) is 9.97 Å². The van der Waals surface area contributed by atoms with Crippen LogP contribution < -0.4 is 4.90 Å². The van der Waals surface area contributed by atoms with Gasteiger partial charge in [0.2, 0.25) is 0 Å². The Kier molecular flexibility index (Phi) is 6.39. The minimum Gasteiger partial charge on any atom is -0.311 e. The molecule has 0 N–H and O–H groups in total. The van der Waals surface area contributed by atoms with Crippen molar-refractivity contribution < 1.29 is 0 Å². The molecule has 46 heavy (non-hydrogen) atoms. The quantitative estimate of drug-likeness (QED) is 0.195. The number of nitrogens with zero attached hydrogens (tertiary/aromatic N) is 3. The van der Waals surface area contributed by atoms with E-state index in [2.05, 4.69) is 169 Å². The molecule has 1 aliphatic rings. The van der Waals surface area contributed by atoms with Crippen molar-refractivity contribution in [2.24, 2.45) is 0 Å². The van der Waals surface area contributed by atoms with Crippen LogP contribution in [0.15, 0.2) is 174 Å². The number of anilines is 3. The van der Waals surface area contributed by atoms with Gasteiger partial charge >= 0.3 is 0 Å². The normalized spacial score (nSPS) is 11.8. The summed E-state index contributed by atoms with van der Waals surface area (Å²) in [6.07, 6.45) is 0. The summed E-state index contributed by atoms with van der Waals surface area (Å²) in [7, 11) is 0. The topological polar surface area (TPSA) is 29.0 Å². The molecule has 0 spiro atoms. The lowest BCUT2D eigenvalue weighted by Gasteiger charge is -2.25. The summed E-state index contributed by atoms with van der Waals surface area (Å²) in [6, 6.07) is 57.9. The van der Waals surface area contributed by atoms with Crippen molar-refractivity contribution in [1.29, 1.82) is 0 Å². The number of hydrogen-bond acceptors (Lipinski definition) is 4. The summed E-state index contributed by atoms with van der Waals surface area (Å²) in [4.78, 5) is 14.9. The molecule has 3 nitrogen and oxygen atoms in total. The number of rotatable bonds is 5. The summed E-state index contributed by atoms with van der Waals surface area (Å²) in [6.45, 7) is 0. The molecule has 0 amide bonds. The monoisotopic (exact) mass is 605 g/mol. The zero-order chi connectivity index (χ0) is 30.5. The van der Waals surface area contributed by atoms with Gasteiger partial charge in [0.15, 0.2) is 5.82 Å². The maximum Gasteiger partial charge on any atom is 0.160 e. The third kappa shape index (κ3) is 4.63. The van der Waals surface area contributed by atoms with Crippen LogP contribution in [0.5, 0.6) is 0 Å². The molecule has 0 radical (unpaired) electrons. The minimum absolute atomic E-state index is 0.754. The molecular weight excluding hydrogens is 579 g/mol.